The molecule has 0 radical (unpaired) electrons. The minimum absolute atomic E-state index is 0.00904. The number of anilines is 1. The van der Waals surface area contributed by atoms with Gasteiger partial charge in [0.2, 0.25) is 5.91 Å². The Hall–Kier alpha value is -1.55. The van der Waals surface area contributed by atoms with E-state index in [1.807, 2.05) is 4.90 Å². The second-order valence-electron chi connectivity index (χ2n) is 6.97. The molecule has 2 atom stereocenters. The van der Waals surface area contributed by atoms with E-state index in [4.69, 9.17) is 11.6 Å². The molecule has 0 saturated carbocycles. The average molecular weight is 335 g/mol. The van der Waals surface area contributed by atoms with Crippen molar-refractivity contribution in [3.8, 4) is 0 Å². The Bertz CT molecular complexity index is 621. The van der Waals surface area contributed by atoms with E-state index in [2.05, 4.69) is 13.8 Å². The second-order valence-corrected chi connectivity index (χ2v) is 7.40. The maximum atomic E-state index is 13.0. The minimum atomic E-state index is 0.00904. The molecule has 0 aliphatic carbocycles. The summed E-state index contributed by atoms with van der Waals surface area (Å²) in [5, 5.41) is 0.552. The van der Waals surface area contributed by atoms with E-state index in [9.17, 15) is 9.59 Å². The number of carbonyl (C=O) groups is 2. The summed E-state index contributed by atoms with van der Waals surface area (Å²) in [5.41, 5.74) is 1.25. The van der Waals surface area contributed by atoms with E-state index in [-0.39, 0.29) is 11.8 Å². The van der Waals surface area contributed by atoms with Crippen molar-refractivity contribution in [2.75, 3.05) is 24.5 Å². The zero-order chi connectivity index (χ0) is 16.6. The molecule has 2 heterocycles. The van der Waals surface area contributed by atoms with Gasteiger partial charge in [0.15, 0.2) is 0 Å². The number of benzene rings is 1. The predicted octanol–water partition coefficient (Wildman–Crippen LogP) is 3.58. The SMILES string of the molecule is CC1CC(C)CN(C(=O)c2ccc(Cl)cc2N2CCCC2=O)C1. The van der Waals surface area contributed by atoms with Crippen LogP contribution in [0.1, 0.15) is 43.5 Å². The van der Waals surface area contributed by atoms with Crippen molar-refractivity contribution in [3.63, 3.8) is 0 Å². The van der Waals surface area contributed by atoms with Crippen molar-refractivity contribution in [1.29, 1.82) is 0 Å². The Morgan fingerprint density at radius 2 is 1.91 bits per heavy atom. The van der Waals surface area contributed by atoms with Gasteiger partial charge < -0.3 is 9.80 Å². The first-order chi connectivity index (χ1) is 11.0. The highest BCUT2D eigenvalue weighted by Gasteiger charge is 2.30. The van der Waals surface area contributed by atoms with E-state index in [1.54, 1.807) is 23.1 Å². The summed E-state index contributed by atoms with van der Waals surface area (Å²) in [7, 11) is 0. The fourth-order valence-corrected chi connectivity index (χ4v) is 3.98. The standard InChI is InChI=1S/C18H23ClN2O2/c1-12-8-13(2)11-20(10-12)18(23)15-6-5-14(19)9-16(15)21-7-3-4-17(21)22/h5-6,9,12-13H,3-4,7-8,10-11H2,1-2H3. The molecule has 2 saturated heterocycles. The number of halogens is 1. The van der Waals surface area contributed by atoms with Crippen molar-refractivity contribution < 1.29 is 9.59 Å². The maximum Gasteiger partial charge on any atom is 0.255 e. The summed E-state index contributed by atoms with van der Waals surface area (Å²) in [6.45, 7) is 6.58. The van der Waals surface area contributed by atoms with Crippen LogP contribution in [0.4, 0.5) is 5.69 Å². The molecule has 2 aliphatic heterocycles. The molecule has 124 valence electrons. The summed E-state index contributed by atoms with van der Waals surface area (Å²) in [4.78, 5) is 28.8. The van der Waals surface area contributed by atoms with Gasteiger partial charge in [-0.3, -0.25) is 9.59 Å². The number of hydrogen-bond acceptors (Lipinski definition) is 2. The van der Waals surface area contributed by atoms with Gasteiger partial charge in [-0.05, 0) is 42.9 Å². The molecular weight excluding hydrogens is 312 g/mol. The lowest BCUT2D eigenvalue weighted by Crippen LogP contribution is -2.43. The topological polar surface area (TPSA) is 40.6 Å². The van der Waals surface area contributed by atoms with Gasteiger partial charge in [0.1, 0.15) is 0 Å². The summed E-state index contributed by atoms with van der Waals surface area (Å²) in [6.07, 6.45) is 2.52. The molecule has 0 aromatic heterocycles. The molecule has 2 fully saturated rings. The van der Waals surface area contributed by atoms with Gasteiger partial charge in [0.25, 0.3) is 5.91 Å². The molecular formula is C18H23ClN2O2. The van der Waals surface area contributed by atoms with Crippen molar-refractivity contribution in [2.24, 2.45) is 11.8 Å². The number of hydrogen-bond donors (Lipinski definition) is 0. The quantitative estimate of drug-likeness (QED) is 0.829. The number of rotatable bonds is 2. The van der Waals surface area contributed by atoms with Gasteiger partial charge in [-0.1, -0.05) is 25.4 Å². The van der Waals surface area contributed by atoms with E-state index < -0.39 is 0 Å². The number of piperidine rings is 1. The van der Waals surface area contributed by atoms with Crippen LogP contribution in [0.15, 0.2) is 18.2 Å². The van der Waals surface area contributed by atoms with Crippen LogP contribution in [-0.2, 0) is 4.79 Å². The molecule has 23 heavy (non-hydrogen) atoms. The lowest BCUT2D eigenvalue weighted by Gasteiger charge is -2.35. The van der Waals surface area contributed by atoms with Crippen LogP contribution in [0.3, 0.4) is 0 Å². The Morgan fingerprint density at radius 1 is 1.22 bits per heavy atom. The van der Waals surface area contributed by atoms with E-state index in [0.717, 1.165) is 25.9 Å². The van der Waals surface area contributed by atoms with Crippen molar-refractivity contribution >= 4 is 29.1 Å². The van der Waals surface area contributed by atoms with Crippen molar-refractivity contribution in [2.45, 2.75) is 33.1 Å². The number of carbonyl (C=O) groups excluding carboxylic acids is 2. The molecule has 0 bridgehead atoms. The van der Waals surface area contributed by atoms with Crippen LogP contribution in [0.5, 0.6) is 0 Å². The first kappa shape index (κ1) is 16.3. The summed E-state index contributed by atoms with van der Waals surface area (Å²) in [6, 6.07) is 5.24. The zero-order valence-corrected chi connectivity index (χ0v) is 14.5. The Morgan fingerprint density at radius 3 is 2.52 bits per heavy atom. The van der Waals surface area contributed by atoms with Gasteiger partial charge >= 0.3 is 0 Å². The number of nitrogens with zero attached hydrogens (tertiary/aromatic N) is 2. The van der Waals surface area contributed by atoms with E-state index in [1.165, 1.54) is 0 Å². The molecule has 0 N–H and O–H groups in total. The van der Waals surface area contributed by atoms with Crippen LogP contribution in [-0.4, -0.2) is 36.3 Å². The zero-order valence-electron chi connectivity index (χ0n) is 13.7. The van der Waals surface area contributed by atoms with Crippen LogP contribution < -0.4 is 4.90 Å². The first-order valence-corrected chi connectivity index (χ1v) is 8.72. The molecule has 1 aromatic carbocycles. The van der Waals surface area contributed by atoms with Crippen LogP contribution >= 0.6 is 11.6 Å². The minimum Gasteiger partial charge on any atom is -0.338 e. The number of amides is 2. The smallest absolute Gasteiger partial charge is 0.255 e. The van der Waals surface area contributed by atoms with Crippen LogP contribution in [0, 0.1) is 11.8 Å². The molecule has 2 aliphatic rings. The fraction of sp³-hybridized carbons (Fsp3) is 0.556. The van der Waals surface area contributed by atoms with Gasteiger partial charge in [-0.25, -0.2) is 0 Å². The van der Waals surface area contributed by atoms with Gasteiger partial charge in [-0.2, -0.15) is 0 Å². The summed E-state index contributed by atoms with van der Waals surface area (Å²) < 4.78 is 0. The van der Waals surface area contributed by atoms with Crippen LogP contribution in [0.2, 0.25) is 5.02 Å². The largest absolute Gasteiger partial charge is 0.338 e. The molecule has 2 unspecified atom stereocenters. The molecule has 3 rings (SSSR count). The molecule has 4 nitrogen and oxygen atoms in total. The Kier molecular flexibility index (Phi) is 4.62. The Balaban J connectivity index is 1.92. The third-order valence-corrected chi connectivity index (χ3v) is 4.95. The first-order valence-electron chi connectivity index (χ1n) is 8.35. The van der Waals surface area contributed by atoms with Crippen LogP contribution in [0.25, 0.3) is 0 Å². The highest BCUT2D eigenvalue weighted by atomic mass is 35.5. The highest BCUT2D eigenvalue weighted by Crippen LogP contribution is 2.31. The molecule has 0 spiro atoms. The number of likely N-dealkylation sites (tertiary alicyclic amines) is 1. The third kappa shape index (κ3) is 3.37. The predicted molar refractivity (Wildman–Crippen MR) is 91.9 cm³/mol. The van der Waals surface area contributed by atoms with Gasteiger partial charge in [0.05, 0.1) is 11.3 Å². The van der Waals surface area contributed by atoms with Gasteiger partial charge in [0, 0.05) is 31.1 Å². The Labute approximate surface area is 142 Å². The lowest BCUT2D eigenvalue weighted by atomic mass is 9.91. The summed E-state index contributed by atoms with van der Waals surface area (Å²) >= 11 is 6.12. The third-order valence-electron chi connectivity index (χ3n) is 4.71. The monoisotopic (exact) mass is 334 g/mol. The molecule has 2 amide bonds. The average Bonchev–Trinajstić information content (AvgIpc) is 2.91. The lowest BCUT2D eigenvalue weighted by molar-refractivity contribution is -0.117. The molecule has 5 heteroatoms. The van der Waals surface area contributed by atoms with Crippen molar-refractivity contribution in [3.05, 3.63) is 28.8 Å². The van der Waals surface area contributed by atoms with E-state index >= 15 is 0 Å². The second kappa shape index (κ2) is 6.52. The van der Waals surface area contributed by atoms with Gasteiger partial charge in [-0.15, -0.1) is 0 Å². The van der Waals surface area contributed by atoms with Crippen molar-refractivity contribution in [1.82, 2.24) is 4.90 Å². The summed E-state index contributed by atoms with van der Waals surface area (Å²) in [5.74, 6) is 1.09. The maximum absolute atomic E-state index is 13.0. The normalized spacial score (nSPS) is 25.1. The van der Waals surface area contributed by atoms with E-state index in [0.29, 0.717) is 41.1 Å². The molecule has 1 aromatic rings. The highest BCUT2D eigenvalue weighted by molar-refractivity contribution is 6.31. The fourth-order valence-electron chi connectivity index (χ4n) is 3.81.